The summed E-state index contributed by atoms with van der Waals surface area (Å²) in [4.78, 5) is 12.1. The summed E-state index contributed by atoms with van der Waals surface area (Å²) in [6.07, 6.45) is 1.12. The molecule has 0 aliphatic carbocycles. The van der Waals surface area contributed by atoms with Gasteiger partial charge in [-0.05, 0) is 42.5 Å². The zero-order valence-electron chi connectivity index (χ0n) is 16.3. The Hall–Kier alpha value is -3.50. The van der Waals surface area contributed by atoms with Crippen molar-refractivity contribution in [2.75, 3.05) is 13.4 Å². The van der Waals surface area contributed by atoms with Gasteiger partial charge in [0.05, 0.1) is 17.7 Å². The molecular formula is C20H15ClN4O5S. The Labute approximate surface area is 182 Å². The molecule has 158 valence electrons. The van der Waals surface area contributed by atoms with Crippen molar-refractivity contribution in [3.05, 3.63) is 65.3 Å². The van der Waals surface area contributed by atoms with Crippen LogP contribution in [0.1, 0.15) is 10.5 Å². The summed E-state index contributed by atoms with van der Waals surface area (Å²) in [5, 5.41) is 12.9. The number of ether oxygens (including phenoxy) is 1. The van der Waals surface area contributed by atoms with Crippen LogP contribution in [-0.2, 0) is 14.6 Å². The second-order valence-corrected chi connectivity index (χ2v) is 8.96. The molecule has 4 aromatic rings. The molecule has 0 radical (unpaired) electrons. The molecule has 0 aliphatic heterocycles. The van der Waals surface area contributed by atoms with Crippen LogP contribution in [0, 0.1) is 0 Å². The molecule has 11 heteroatoms. The quantitative estimate of drug-likeness (QED) is 0.417. The van der Waals surface area contributed by atoms with Crippen molar-refractivity contribution >= 4 is 27.4 Å². The fourth-order valence-electron chi connectivity index (χ4n) is 2.82. The summed E-state index contributed by atoms with van der Waals surface area (Å²) < 4.78 is 35.7. The van der Waals surface area contributed by atoms with Crippen LogP contribution in [0.15, 0.2) is 63.9 Å². The van der Waals surface area contributed by atoms with Crippen molar-refractivity contribution in [2.45, 2.75) is 4.90 Å². The van der Waals surface area contributed by atoms with Gasteiger partial charge in [-0.15, -0.1) is 10.2 Å². The lowest BCUT2D eigenvalue weighted by molar-refractivity contribution is 0.0593. The first-order chi connectivity index (χ1) is 14.8. The highest BCUT2D eigenvalue weighted by molar-refractivity contribution is 7.90. The second-order valence-electron chi connectivity index (χ2n) is 6.51. The molecule has 0 amide bonds. The van der Waals surface area contributed by atoms with E-state index in [-0.39, 0.29) is 22.4 Å². The van der Waals surface area contributed by atoms with E-state index in [1.165, 1.54) is 30.0 Å². The standard InChI is InChI=1S/C20H15ClN4O5S/c1-29-20(26)16-11-17(25(24-16)14-8-6-13(21)7-9-14)19-23-22-18(30-19)12-4-3-5-15(10-12)31(2,27)28/h3-11H,1-2H3. The monoisotopic (exact) mass is 458 g/mol. The Morgan fingerprint density at radius 3 is 2.45 bits per heavy atom. The minimum Gasteiger partial charge on any atom is -0.464 e. The molecule has 4 rings (SSSR count). The minimum atomic E-state index is -3.40. The molecule has 2 aromatic carbocycles. The van der Waals surface area contributed by atoms with Crippen molar-refractivity contribution < 1.29 is 22.4 Å². The Morgan fingerprint density at radius 2 is 1.77 bits per heavy atom. The minimum absolute atomic E-state index is 0.0475. The molecular weight excluding hydrogens is 444 g/mol. The first kappa shape index (κ1) is 20.8. The van der Waals surface area contributed by atoms with Crippen LogP contribution in [0.5, 0.6) is 0 Å². The zero-order chi connectivity index (χ0) is 22.2. The summed E-state index contributed by atoms with van der Waals surface area (Å²) in [5.74, 6) is -0.434. The van der Waals surface area contributed by atoms with Crippen molar-refractivity contribution in [2.24, 2.45) is 0 Å². The average Bonchev–Trinajstić information content (AvgIpc) is 3.41. The lowest BCUT2D eigenvalue weighted by Crippen LogP contribution is -2.04. The Balaban J connectivity index is 1.80. The molecule has 0 spiro atoms. The molecule has 0 bridgehead atoms. The van der Waals surface area contributed by atoms with E-state index in [0.717, 1.165) is 6.26 Å². The fraction of sp³-hybridized carbons (Fsp3) is 0.100. The molecule has 2 aromatic heterocycles. The van der Waals surface area contributed by atoms with Crippen LogP contribution in [0.2, 0.25) is 5.02 Å². The van der Waals surface area contributed by atoms with Crippen LogP contribution in [0.25, 0.3) is 28.7 Å². The van der Waals surface area contributed by atoms with E-state index in [0.29, 0.717) is 22.0 Å². The summed E-state index contributed by atoms with van der Waals surface area (Å²) in [5.41, 5.74) is 1.44. The van der Waals surface area contributed by atoms with E-state index in [1.54, 1.807) is 36.4 Å². The van der Waals surface area contributed by atoms with Gasteiger partial charge < -0.3 is 9.15 Å². The van der Waals surface area contributed by atoms with Gasteiger partial charge in [-0.3, -0.25) is 0 Å². The number of hydrogen-bond donors (Lipinski definition) is 0. The van der Waals surface area contributed by atoms with Gasteiger partial charge >= 0.3 is 5.97 Å². The highest BCUT2D eigenvalue weighted by Crippen LogP contribution is 2.28. The first-order valence-electron chi connectivity index (χ1n) is 8.85. The van der Waals surface area contributed by atoms with Crippen LogP contribution in [0.4, 0.5) is 0 Å². The molecule has 0 atom stereocenters. The lowest BCUT2D eigenvalue weighted by Gasteiger charge is -2.04. The first-order valence-corrected chi connectivity index (χ1v) is 11.1. The summed E-state index contributed by atoms with van der Waals surface area (Å²) >= 11 is 5.96. The third-order valence-corrected chi connectivity index (χ3v) is 5.69. The maximum Gasteiger partial charge on any atom is 0.358 e. The smallest absolute Gasteiger partial charge is 0.358 e. The van der Waals surface area contributed by atoms with Crippen LogP contribution >= 0.6 is 11.6 Å². The van der Waals surface area contributed by atoms with Crippen molar-refractivity contribution in [3.8, 4) is 28.7 Å². The van der Waals surface area contributed by atoms with Gasteiger partial charge in [0.2, 0.25) is 5.89 Å². The number of esters is 1. The predicted molar refractivity (Wildman–Crippen MR) is 112 cm³/mol. The second kappa shape index (κ2) is 7.97. The number of rotatable bonds is 5. The number of nitrogens with zero attached hydrogens (tertiary/aromatic N) is 4. The van der Waals surface area contributed by atoms with Crippen molar-refractivity contribution in [1.29, 1.82) is 0 Å². The Bertz CT molecular complexity index is 1380. The van der Waals surface area contributed by atoms with Crippen LogP contribution < -0.4 is 0 Å². The Morgan fingerprint density at radius 1 is 1.06 bits per heavy atom. The maximum atomic E-state index is 12.0. The largest absolute Gasteiger partial charge is 0.464 e. The number of carbonyl (C=O) groups is 1. The number of hydrogen-bond acceptors (Lipinski definition) is 8. The number of aromatic nitrogens is 4. The molecule has 2 heterocycles. The number of halogens is 1. The number of sulfone groups is 1. The Kier molecular flexibility index (Phi) is 5.34. The van der Waals surface area contributed by atoms with E-state index in [9.17, 15) is 13.2 Å². The van der Waals surface area contributed by atoms with Gasteiger partial charge in [-0.1, -0.05) is 17.7 Å². The van der Waals surface area contributed by atoms with Crippen molar-refractivity contribution in [1.82, 2.24) is 20.0 Å². The average molecular weight is 459 g/mol. The third kappa shape index (κ3) is 4.21. The van der Waals surface area contributed by atoms with Gasteiger partial charge in [0.15, 0.2) is 15.5 Å². The SMILES string of the molecule is COC(=O)c1cc(-c2nnc(-c3cccc(S(C)(=O)=O)c3)o2)n(-c2ccc(Cl)cc2)n1. The molecule has 0 saturated heterocycles. The predicted octanol–water partition coefficient (Wildman–Crippen LogP) is 3.43. The van der Waals surface area contributed by atoms with Crippen molar-refractivity contribution in [3.63, 3.8) is 0 Å². The highest BCUT2D eigenvalue weighted by Gasteiger charge is 2.22. The topological polar surface area (TPSA) is 117 Å². The highest BCUT2D eigenvalue weighted by atomic mass is 35.5. The van der Waals surface area contributed by atoms with Gasteiger partial charge in [-0.2, -0.15) is 5.10 Å². The molecule has 0 aliphatic rings. The normalized spacial score (nSPS) is 11.5. The molecule has 0 N–H and O–H groups in total. The zero-order valence-corrected chi connectivity index (χ0v) is 17.9. The van der Waals surface area contributed by atoms with Gasteiger partial charge in [0, 0.05) is 22.9 Å². The van der Waals surface area contributed by atoms with Gasteiger partial charge in [-0.25, -0.2) is 17.9 Å². The van der Waals surface area contributed by atoms with Gasteiger partial charge in [0.25, 0.3) is 5.89 Å². The summed E-state index contributed by atoms with van der Waals surface area (Å²) in [6.45, 7) is 0. The van der Waals surface area contributed by atoms with Crippen LogP contribution in [-0.4, -0.2) is 47.7 Å². The lowest BCUT2D eigenvalue weighted by atomic mass is 10.2. The summed E-state index contributed by atoms with van der Waals surface area (Å²) in [7, 11) is -2.15. The molecule has 0 unspecified atom stereocenters. The molecule has 0 fully saturated rings. The number of carbonyl (C=O) groups excluding carboxylic acids is 1. The third-order valence-electron chi connectivity index (χ3n) is 4.33. The summed E-state index contributed by atoms with van der Waals surface area (Å²) in [6, 6.07) is 14.4. The van der Waals surface area contributed by atoms with E-state index < -0.39 is 15.8 Å². The number of methoxy groups -OCH3 is 1. The fourth-order valence-corrected chi connectivity index (χ4v) is 3.61. The molecule has 9 nitrogen and oxygen atoms in total. The van der Waals surface area contributed by atoms with E-state index >= 15 is 0 Å². The van der Waals surface area contributed by atoms with E-state index in [1.807, 2.05) is 0 Å². The number of benzene rings is 2. The molecule has 0 saturated carbocycles. The van der Waals surface area contributed by atoms with Gasteiger partial charge in [0.1, 0.15) is 5.69 Å². The van der Waals surface area contributed by atoms with Crippen LogP contribution in [0.3, 0.4) is 0 Å². The maximum absolute atomic E-state index is 12.0. The molecule has 31 heavy (non-hydrogen) atoms. The van der Waals surface area contributed by atoms with E-state index in [4.69, 9.17) is 20.8 Å². The van der Waals surface area contributed by atoms with E-state index in [2.05, 4.69) is 15.3 Å².